The smallest absolute Gasteiger partial charge is 0.255 e. The monoisotopic (exact) mass is 332 g/mol. The normalized spacial score (nSPS) is 10.8. The van der Waals surface area contributed by atoms with E-state index in [-0.39, 0.29) is 5.69 Å². The number of nitrogens with zero attached hydrogens (tertiary/aromatic N) is 1. The Bertz CT molecular complexity index is 1060. The number of anilines is 1. The number of hydrogen-bond acceptors (Lipinski definition) is 3. The van der Waals surface area contributed by atoms with Crippen molar-refractivity contribution in [3.63, 3.8) is 0 Å². The third-order valence-electron chi connectivity index (χ3n) is 3.90. The zero-order valence-corrected chi connectivity index (χ0v) is 13.1. The van der Waals surface area contributed by atoms with Gasteiger partial charge >= 0.3 is 0 Å². The van der Waals surface area contributed by atoms with Gasteiger partial charge in [0.15, 0.2) is 5.76 Å². The Morgan fingerprint density at radius 1 is 0.960 bits per heavy atom. The lowest BCUT2D eigenvalue weighted by molar-refractivity contribution is 0.102. The molecule has 5 heteroatoms. The summed E-state index contributed by atoms with van der Waals surface area (Å²) in [4.78, 5) is 12.5. The molecular weight excluding hydrogens is 319 g/mol. The number of carbonyl (C=O) groups is 1. The number of fused-ring (bicyclic) bond motifs is 1. The molecule has 4 aromatic rings. The van der Waals surface area contributed by atoms with Gasteiger partial charge in [-0.15, -0.1) is 0 Å². The average molecular weight is 332 g/mol. The number of halogens is 1. The van der Waals surface area contributed by atoms with Crippen LogP contribution in [0, 0.1) is 5.82 Å². The van der Waals surface area contributed by atoms with Gasteiger partial charge in [0.1, 0.15) is 11.3 Å². The SMILES string of the molecule is O=C(Nc1ccccc1F)c1ccc2noc(-c3ccccc3)c2c1. The van der Waals surface area contributed by atoms with E-state index < -0.39 is 11.7 Å². The molecule has 1 amide bonds. The topological polar surface area (TPSA) is 55.1 Å². The largest absolute Gasteiger partial charge is 0.355 e. The molecule has 1 aromatic heterocycles. The van der Waals surface area contributed by atoms with Gasteiger partial charge < -0.3 is 9.84 Å². The van der Waals surface area contributed by atoms with E-state index in [1.807, 2.05) is 30.3 Å². The first-order chi connectivity index (χ1) is 12.2. The minimum Gasteiger partial charge on any atom is -0.355 e. The molecule has 122 valence electrons. The predicted octanol–water partition coefficient (Wildman–Crippen LogP) is 4.89. The molecule has 0 fully saturated rings. The zero-order valence-electron chi connectivity index (χ0n) is 13.1. The van der Waals surface area contributed by atoms with Crippen molar-refractivity contribution in [3.05, 3.63) is 84.2 Å². The first-order valence-electron chi connectivity index (χ1n) is 7.73. The highest BCUT2D eigenvalue weighted by Gasteiger charge is 2.14. The Morgan fingerprint density at radius 3 is 2.52 bits per heavy atom. The summed E-state index contributed by atoms with van der Waals surface area (Å²) < 4.78 is 19.1. The van der Waals surface area contributed by atoms with Crippen LogP contribution in [0.4, 0.5) is 10.1 Å². The van der Waals surface area contributed by atoms with Crippen molar-refractivity contribution in [1.82, 2.24) is 5.16 Å². The van der Waals surface area contributed by atoms with Gasteiger partial charge in [0.25, 0.3) is 5.91 Å². The number of carbonyl (C=O) groups excluding carboxylic acids is 1. The van der Waals surface area contributed by atoms with Crippen LogP contribution in [0.15, 0.2) is 77.3 Å². The van der Waals surface area contributed by atoms with Gasteiger partial charge in [-0.25, -0.2) is 4.39 Å². The molecule has 1 heterocycles. The summed E-state index contributed by atoms with van der Waals surface area (Å²) in [7, 11) is 0. The van der Waals surface area contributed by atoms with E-state index in [9.17, 15) is 9.18 Å². The molecule has 0 saturated carbocycles. The number of amides is 1. The second kappa shape index (κ2) is 6.20. The molecule has 0 saturated heterocycles. The molecular formula is C20H13FN2O2. The van der Waals surface area contributed by atoms with Crippen molar-refractivity contribution in [1.29, 1.82) is 0 Å². The van der Waals surface area contributed by atoms with Gasteiger partial charge in [0.05, 0.1) is 11.1 Å². The van der Waals surface area contributed by atoms with Crippen LogP contribution < -0.4 is 5.32 Å². The lowest BCUT2D eigenvalue weighted by atomic mass is 10.1. The summed E-state index contributed by atoms with van der Waals surface area (Å²) >= 11 is 0. The summed E-state index contributed by atoms with van der Waals surface area (Å²) in [6.45, 7) is 0. The van der Waals surface area contributed by atoms with Crippen LogP contribution in [-0.4, -0.2) is 11.1 Å². The minimum atomic E-state index is -0.480. The molecule has 0 radical (unpaired) electrons. The number of nitrogens with one attached hydrogen (secondary N) is 1. The average Bonchev–Trinajstić information content (AvgIpc) is 3.07. The zero-order chi connectivity index (χ0) is 17.2. The van der Waals surface area contributed by atoms with Crippen LogP contribution in [0.5, 0.6) is 0 Å². The highest BCUT2D eigenvalue weighted by Crippen LogP contribution is 2.29. The lowest BCUT2D eigenvalue weighted by Crippen LogP contribution is -2.12. The van der Waals surface area contributed by atoms with E-state index in [2.05, 4.69) is 10.5 Å². The Hall–Kier alpha value is -3.47. The molecule has 0 bridgehead atoms. The van der Waals surface area contributed by atoms with Crippen LogP contribution >= 0.6 is 0 Å². The van der Waals surface area contributed by atoms with Gasteiger partial charge in [-0.3, -0.25) is 4.79 Å². The van der Waals surface area contributed by atoms with Crippen molar-refractivity contribution in [2.45, 2.75) is 0 Å². The van der Waals surface area contributed by atoms with Crippen LogP contribution in [0.1, 0.15) is 10.4 Å². The molecule has 0 atom stereocenters. The quantitative estimate of drug-likeness (QED) is 0.581. The lowest BCUT2D eigenvalue weighted by Gasteiger charge is -2.06. The maximum atomic E-state index is 13.7. The van der Waals surface area contributed by atoms with Crippen molar-refractivity contribution < 1.29 is 13.7 Å². The molecule has 1 N–H and O–H groups in total. The van der Waals surface area contributed by atoms with Gasteiger partial charge in [0.2, 0.25) is 0 Å². The van der Waals surface area contributed by atoms with E-state index in [1.54, 1.807) is 30.3 Å². The van der Waals surface area contributed by atoms with Crippen LogP contribution in [0.3, 0.4) is 0 Å². The standard InChI is InChI=1S/C20H13FN2O2/c21-16-8-4-5-9-18(16)22-20(24)14-10-11-17-15(12-14)19(25-23-17)13-6-2-1-3-7-13/h1-12H,(H,22,24). The number of hydrogen-bond donors (Lipinski definition) is 1. The van der Waals surface area contributed by atoms with Crippen LogP contribution in [0.2, 0.25) is 0 Å². The predicted molar refractivity (Wildman–Crippen MR) is 93.8 cm³/mol. The summed E-state index contributed by atoms with van der Waals surface area (Å²) in [5.41, 5.74) is 2.07. The van der Waals surface area contributed by atoms with Gasteiger partial charge in [-0.2, -0.15) is 0 Å². The Balaban J connectivity index is 1.71. The Kier molecular flexibility index (Phi) is 3.74. The summed E-state index contributed by atoms with van der Waals surface area (Å²) in [6.07, 6.45) is 0. The molecule has 0 aliphatic rings. The molecule has 4 nitrogen and oxygen atoms in total. The molecule has 0 aliphatic heterocycles. The first-order valence-corrected chi connectivity index (χ1v) is 7.73. The third kappa shape index (κ3) is 2.87. The fraction of sp³-hybridized carbons (Fsp3) is 0. The number of rotatable bonds is 3. The minimum absolute atomic E-state index is 0.140. The van der Waals surface area contributed by atoms with E-state index in [0.717, 1.165) is 10.9 Å². The second-order valence-electron chi connectivity index (χ2n) is 5.54. The van der Waals surface area contributed by atoms with Crippen molar-refractivity contribution >= 4 is 22.5 Å². The molecule has 3 aromatic carbocycles. The number of para-hydroxylation sites is 1. The Morgan fingerprint density at radius 2 is 1.72 bits per heavy atom. The van der Waals surface area contributed by atoms with E-state index >= 15 is 0 Å². The summed E-state index contributed by atoms with van der Waals surface area (Å²) in [6, 6.07) is 20.6. The van der Waals surface area contributed by atoms with Crippen molar-refractivity contribution in [2.75, 3.05) is 5.32 Å². The molecule has 0 aliphatic carbocycles. The maximum Gasteiger partial charge on any atom is 0.255 e. The number of benzene rings is 3. The van der Waals surface area contributed by atoms with E-state index in [1.165, 1.54) is 12.1 Å². The Labute approximate surface area is 142 Å². The van der Waals surface area contributed by atoms with Gasteiger partial charge in [-0.1, -0.05) is 47.6 Å². The van der Waals surface area contributed by atoms with Crippen LogP contribution in [-0.2, 0) is 0 Å². The number of aromatic nitrogens is 1. The fourth-order valence-corrected chi connectivity index (χ4v) is 2.64. The highest BCUT2D eigenvalue weighted by molar-refractivity contribution is 6.07. The van der Waals surface area contributed by atoms with Crippen molar-refractivity contribution in [3.8, 4) is 11.3 Å². The summed E-state index contributed by atoms with van der Waals surface area (Å²) in [5.74, 6) is -0.282. The van der Waals surface area contributed by atoms with Crippen molar-refractivity contribution in [2.24, 2.45) is 0 Å². The summed E-state index contributed by atoms with van der Waals surface area (Å²) in [5, 5.41) is 7.33. The van der Waals surface area contributed by atoms with Gasteiger partial charge in [-0.05, 0) is 30.3 Å². The molecule has 0 unspecified atom stereocenters. The molecule has 25 heavy (non-hydrogen) atoms. The van der Waals surface area contributed by atoms with Gasteiger partial charge in [0, 0.05) is 11.1 Å². The van der Waals surface area contributed by atoms with Crippen LogP contribution in [0.25, 0.3) is 22.2 Å². The second-order valence-corrected chi connectivity index (χ2v) is 5.54. The van der Waals surface area contributed by atoms with E-state index in [0.29, 0.717) is 16.8 Å². The molecule has 4 rings (SSSR count). The van der Waals surface area contributed by atoms with E-state index in [4.69, 9.17) is 4.52 Å². The first kappa shape index (κ1) is 15.1. The fourth-order valence-electron chi connectivity index (χ4n) is 2.64. The molecule has 0 spiro atoms. The third-order valence-corrected chi connectivity index (χ3v) is 3.90. The maximum absolute atomic E-state index is 13.7. The highest BCUT2D eigenvalue weighted by atomic mass is 19.1.